The van der Waals surface area contributed by atoms with Crippen molar-refractivity contribution in [3.8, 4) is 0 Å². The van der Waals surface area contributed by atoms with Crippen LogP contribution in [0.1, 0.15) is 50.5 Å². The molecule has 0 unspecified atom stereocenters. The standard InChI is InChI=1S/C22H29N5O4/c1-22(2,3)8-9-26(31)21(30)17-11-13-10-16(13)27(17)18(28)12-25-15-7-5-4-6-14(15)19(24-25)20(23)29/h4-7,13,16-17,31H,8-12H2,1-3H3,(H2,23,29)/t13-,16-,17+/m1/s1. The number of hydrogen-bond acceptors (Lipinski definition) is 5. The van der Waals surface area contributed by atoms with Crippen LogP contribution in [0.2, 0.25) is 0 Å². The Bertz CT molecular complexity index is 1040. The summed E-state index contributed by atoms with van der Waals surface area (Å²) in [5, 5.41) is 15.9. The van der Waals surface area contributed by atoms with E-state index in [1.807, 2.05) is 20.8 Å². The normalized spacial score (nSPS) is 22.5. The van der Waals surface area contributed by atoms with Crippen molar-refractivity contribution in [3.63, 3.8) is 0 Å². The van der Waals surface area contributed by atoms with Gasteiger partial charge in [0.05, 0.1) is 5.52 Å². The lowest BCUT2D eigenvalue weighted by atomic mass is 9.92. The molecule has 166 valence electrons. The number of primary amides is 1. The van der Waals surface area contributed by atoms with Gasteiger partial charge in [-0.1, -0.05) is 39.0 Å². The van der Waals surface area contributed by atoms with Crippen LogP contribution in [0.5, 0.6) is 0 Å². The van der Waals surface area contributed by atoms with Crippen LogP contribution in [-0.2, 0) is 16.1 Å². The van der Waals surface area contributed by atoms with Crippen LogP contribution in [0.15, 0.2) is 24.3 Å². The largest absolute Gasteiger partial charge is 0.364 e. The van der Waals surface area contributed by atoms with Crippen LogP contribution in [0.4, 0.5) is 0 Å². The van der Waals surface area contributed by atoms with E-state index in [9.17, 15) is 19.6 Å². The van der Waals surface area contributed by atoms with Gasteiger partial charge in [-0.2, -0.15) is 5.10 Å². The molecule has 9 nitrogen and oxygen atoms in total. The Hall–Kier alpha value is -2.94. The first-order valence-electron chi connectivity index (χ1n) is 10.6. The fraction of sp³-hybridized carbons (Fsp3) is 0.545. The molecule has 3 atom stereocenters. The molecular formula is C22H29N5O4. The van der Waals surface area contributed by atoms with Gasteiger partial charge in [0.15, 0.2) is 5.69 Å². The molecule has 2 aliphatic rings. The number of rotatable bonds is 6. The molecule has 4 rings (SSSR count). The highest BCUT2D eigenvalue weighted by Crippen LogP contribution is 2.48. The number of para-hydroxylation sites is 1. The smallest absolute Gasteiger partial charge is 0.269 e. The molecule has 1 saturated carbocycles. The van der Waals surface area contributed by atoms with Gasteiger partial charge in [0.2, 0.25) is 5.91 Å². The Kier molecular flexibility index (Phi) is 5.25. The minimum atomic E-state index is -0.668. The van der Waals surface area contributed by atoms with Gasteiger partial charge in [-0.05, 0) is 36.7 Å². The second-order valence-electron chi connectivity index (χ2n) is 9.78. The van der Waals surface area contributed by atoms with Gasteiger partial charge in [-0.3, -0.25) is 24.3 Å². The van der Waals surface area contributed by atoms with Crippen molar-refractivity contribution in [1.82, 2.24) is 19.7 Å². The summed E-state index contributed by atoms with van der Waals surface area (Å²) in [4.78, 5) is 39.5. The Balaban J connectivity index is 1.52. The average Bonchev–Trinajstić information content (AvgIpc) is 3.21. The minimum Gasteiger partial charge on any atom is -0.364 e. The van der Waals surface area contributed by atoms with Crippen molar-refractivity contribution in [1.29, 1.82) is 0 Å². The molecule has 1 aromatic carbocycles. The van der Waals surface area contributed by atoms with Gasteiger partial charge in [-0.25, -0.2) is 5.06 Å². The molecule has 2 fully saturated rings. The molecular weight excluding hydrogens is 398 g/mol. The summed E-state index contributed by atoms with van der Waals surface area (Å²) in [5.74, 6) is -1.05. The highest BCUT2D eigenvalue weighted by Gasteiger charge is 2.56. The van der Waals surface area contributed by atoms with Crippen LogP contribution in [0.25, 0.3) is 10.9 Å². The number of aromatic nitrogens is 2. The van der Waals surface area contributed by atoms with E-state index in [0.29, 0.717) is 29.7 Å². The van der Waals surface area contributed by atoms with E-state index in [2.05, 4.69) is 5.10 Å². The SMILES string of the molecule is CC(C)(C)CCN(O)C(=O)[C@@H]1C[C@H]2C[C@H]2N1C(=O)Cn1nc(C(N)=O)c2ccccc21. The summed E-state index contributed by atoms with van der Waals surface area (Å²) < 4.78 is 1.46. The Morgan fingerprint density at radius 3 is 2.61 bits per heavy atom. The van der Waals surface area contributed by atoms with E-state index in [4.69, 9.17) is 5.73 Å². The number of nitrogens with two attached hydrogens (primary N) is 1. The van der Waals surface area contributed by atoms with Crippen LogP contribution in [-0.4, -0.2) is 61.3 Å². The zero-order valence-corrected chi connectivity index (χ0v) is 18.1. The molecule has 0 bridgehead atoms. The molecule has 3 amide bonds. The van der Waals surface area contributed by atoms with Crippen molar-refractivity contribution >= 4 is 28.6 Å². The van der Waals surface area contributed by atoms with Crippen molar-refractivity contribution in [2.45, 2.75) is 58.7 Å². The van der Waals surface area contributed by atoms with Crippen molar-refractivity contribution in [2.24, 2.45) is 17.1 Å². The number of benzene rings is 1. The van der Waals surface area contributed by atoms with Crippen LogP contribution >= 0.6 is 0 Å². The topological polar surface area (TPSA) is 122 Å². The number of hydroxylamine groups is 2. The molecule has 1 aliphatic carbocycles. The summed E-state index contributed by atoms with van der Waals surface area (Å²) in [6.07, 6.45) is 2.08. The van der Waals surface area contributed by atoms with Gasteiger partial charge < -0.3 is 10.6 Å². The number of carbonyl (C=O) groups excluding carboxylic acids is 3. The quantitative estimate of drug-likeness (QED) is 0.538. The van der Waals surface area contributed by atoms with E-state index in [-0.39, 0.29) is 36.1 Å². The number of piperidine rings is 1. The fourth-order valence-corrected chi connectivity index (χ4v) is 4.40. The first-order valence-corrected chi connectivity index (χ1v) is 10.6. The maximum Gasteiger partial charge on any atom is 0.269 e. The molecule has 9 heteroatoms. The van der Waals surface area contributed by atoms with Gasteiger partial charge in [0.25, 0.3) is 11.8 Å². The van der Waals surface area contributed by atoms with E-state index >= 15 is 0 Å². The molecule has 2 aromatic rings. The number of fused-ring (bicyclic) bond motifs is 2. The first-order chi connectivity index (χ1) is 14.6. The molecule has 31 heavy (non-hydrogen) atoms. The predicted octanol–water partition coefficient (Wildman–Crippen LogP) is 1.78. The number of hydrogen-bond donors (Lipinski definition) is 2. The lowest BCUT2D eigenvalue weighted by molar-refractivity contribution is -0.174. The maximum atomic E-state index is 13.2. The lowest BCUT2D eigenvalue weighted by Crippen LogP contribution is -2.50. The second kappa shape index (κ2) is 7.64. The Labute approximate surface area is 180 Å². The first kappa shape index (κ1) is 21.3. The summed E-state index contributed by atoms with van der Waals surface area (Å²) in [7, 11) is 0. The van der Waals surface area contributed by atoms with Gasteiger partial charge >= 0.3 is 0 Å². The number of carbonyl (C=O) groups is 3. The van der Waals surface area contributed by atoms with Gasteiger partial charge in [-0.15, -0.1) is 0 Å². The number of amides is 3. The van der Waals surface area contributed by atoms with E-state index in [1.165, 1.54) is 4.68 Å². The average molecular weight is 428 g/mol. The van der Waals surface area contributed by atoms with E-state index < -0.39 is 17.9 Å². The van der Waals surface area contributed by atoms with Gasteiger partial charge in [0.1, 0.15) is 12.6 Å². The Morgan fingerprint density at radius 2 is 1.94 bits per heavy atom. The highest BCUT2D eigenvalue weighted by molar-refractivity contribution is 6.04. The minimum absolute atomic E-state index is 0.0200. The lowest BCUT2D eigenvalue weighted by Gasteiger charge is -2.30. The second-order valence-corrected chi connectivity index (χ2v) is 9.78. The van der Waals surface area contributed by atoms with Crippen molar-refractivity contribution in [2.75, 3.05) is 6.54 Å². The summed E-state index contributed by atoms with van der Waals surface area (Å²) in [6, 6.07) is 6.44. The van der Waals surface area contributed by atoms with E-state index in [1.54, 1.807) is 29.2 Å². The third-order valence-corrected chi connectivity index (χ3v) is 6.18. The van der Waals surface area contributed by atoms with Gasteiger partial charge in [0, 0.05) is 18.0 Å². The predicted molar refractivity (Wildman–Crippen MR) is 113 cm³/mol. The third kappa shape index (κ3) is 4.14. The fourth-order valence-electron chi connectivity index (χ4n) is 4.40. The molecule has 2 heterocycles. The molecule has 0 spiro atoms. The highest BCUT2D eigenvalue weighted by atomic mass is 16.5. The molecule has 0 radical (unpaired) electrons. The van der Waals surface area contributed by atoms with Crippen molar-refractivity contribution in [3.05, 3.63) is 30.0 Å². The number of likely N-dealkylation sites (tertiary alicyclic amines) is 1. The van der Waals surface area contributed by atoms with Crippen LogP contribution in [0, 0.1) is 11.3 Å². The third-order valence-electron chi connectivity index (χ3n) is 6.18. The zero-order chi connectivity index (χ0) is 22.5. The van der Waals surface area contributed by atoms with E-state index in [0.717, 1.165) is 11.5 Å². The summed E-state index contributed by atoms with van der Waals surface area (Å²) in [5.41, 5.74) is 6.17. The van der Waals surface area contributed by atoms with Crippen molar-refractivity contribution < 1.29 is 19.6 Å². The monoisotopic (exact) mass is 427 g/mol. The Morgan fingerprint density at radius 1 is 1.23 bits per heavy atom. The maximum absolute atomic E-state index is 13.2. The summed E-state index contributed by atoms with van der Waals surface area (Å²) >= 11 is 0. The molecule has 3 N–H and O–H groups in total. The molecule has 1 aliphatic heterocycles. The van der Waals surface area contributed by atoms with Crippen LogP contribution < -0.4 is 5.73 Å². The number of nitrogens with zero attached hydrogens (tertiary/aromatic N) is 4. The molecule has 1 saturated heterocycles. The molecule has 1 aromatic heterocycles. The summed E-state index contributed by atoms with van der Waals surface area (Å²) in [6.45, 7) is 6.25. The zero-order valence-electron chi connectivity index (χ0n) is 18.1. The van der Waals surface area contributed by atoms with Crippen LogP contribution in [0.3, 0.4) is 0 Å².